The molecular formula is C18H29NO2. The lowest BCUT2D eigenvalue weighted by atomic mass is 9.83. The van der Waals surface area contributed by atoms with Crippen LogP contribution in [0.1, 0.15) is 38.7 Å². The van der Waals surface area contributed by atoms with Gasteiger partial charge in [0.25, 0.3) is 0 Å². The van der Waals surface area contributed by atoms with Crippen LogP contribution in [-0.4, -0.2) is 42.4 Å². The van der Waals surface area contributed by atoms with Crippen LogP contribution in [0.25, 0.3) is 0 Å². The fraction of sp³-hybridized carbons (Fsp3) is 0.667. The van der Waals surface area contributed by atoms with Crippen LogP contribution in [0.4, 0.5) is 0 Å². The first kappa shape index (κ1) is 16.3. The molecule has 21 heavy (non-hydrogen) atoms. The fourth-order valence-electron chi connectivity index (χ4n) is 3.43. The SMILES string of the molecule is COc1ccccc1CC(C)N(C)C1CC(C)CCC1O. The van der Waals surface area contributed by atoms with E-state index in [0.717, 1.165) is 31.4 Å². The fourth-order valence-corrected chi connectivity index (χ4v) is 3.43. The lowest BCUT2D eigenvalue weighted by molar-refractivity contribution is 0.00213. The summed E-state index contributed by atoms with van der Waals surface area (Å²) in [6.07, 6.45) is 3.92. The maximum absolute atomic E-state index is 10.3. The number of likely N-dealkylation sites (N-methyl/N-ethyl adjacent to an activating group) is 1. The lowest BCUT2D eigenvalue weighted by Crippen LogP contribution is -2.49. The number of aliphatic hydroxyl groups excluding tert-OH is 1. The Bertz CT molecular complexity index is 449. The molecule has 2 rings (SSSR count). The Morgan fingerprint density at radius 2 is 2.05 bits per heavy atom. The molecule has 0 aromatic heterocycles. The molecule has 4 unspecified atom stereocenters. The number of hydrogen-bond acceptors (Lipinski definition) is 3. The van der Waals surface area contributed by atoms with E-state index in [0.29, 0.717) is 12.0 Å². The minimum Gasteiger partial charge on any atom is -0.496 e. The first-order chi connectivity index (χ1) is 10.0. The van der Waals surface area contributed by atoms with Crippen molar-refractivity contribution in [3.63, 3.8) is 0 Å². The molecule has 0 saturated heterocycles. The summed E-state index contributed by atoms with van der Waals surface area (Å²) in [4.78, 5) is 2.35. The third-order valence-electron chi connectivity index (χ3n) is 4.97. The Labute approximate surface area is 128 Å². The van der Waals surface area contributed by atoms with E-state index in [2.05, 4.69) is 37.9 Å². The monoisotopic (exact) mass is 291 g/mol. The molecule has 0 radical (unpaired) electrons. The van der Waals surface area contributed by atoms with E-state index in [1.165, 1.54) is 5.56 Å². The van der Waals surface area contributed by atoms with Gasteiger partial charge in [-0.25, -0.2) is 0 Å². The molecular weight excluding hydrogens is 262 g/mol. The molecule has 0 spiro atoms. The van der Waals surface area contributed by atoms with E-state index in [1.807, 2.05) is 12.1 Å². The number of methoxy groups -OCH3 is 1. The number of aliphatic hydroxyl groups is 1. The molecule has 1 aromatic rings. The molecule has 1 aliphatic rings. The number of para-hydroxylation sites is 1. The molecule has 1 aliphatic carbocycles. The number of rotatable bonds is 5. The van der Waals surface area contributed by atoms with Crippen LogP contribution >= 0.6 is 0 Å². The van der Waals surface area contributed by atoms with Gasteiger partial charge in [0.2, 0.25) is 0 Å². The number of hydrogen-bond donors (Lipinski definition) is 1. The average molecular weight is 291 g/mol. The molecule has 4 atom stereocenters. The van der Waals surface area contributed by atoms with E-state index in [1.54, 1.807) is 7.11 Å². The van der Waals surface area contributed by atoms with Gasteiger partial charge < -0.3 is 9.84 Å². The standard InChI is InChI=1S/C18H29NO2/c1-13-9-10-17(20)16(11-13)19(3)14(2)12-15-7-5-6-8-18(15)21-4/h5-8,13-14,16-17,20H,9-12H2,1-4H3. The Balaban J connectivity index is 2.03. The minimum atomic E-state index is -0.189. The average Bonchev–Trinajstić information content (AvgIpc) is 2.49. The van der Waals surface area contributed by atoms with Gasteiger partial charge in [-0.15, -0.1) is 0 Å². The van der Waals surface area contributed by atoms with Crippen molar-refractivity contribution in [1.82, 2.24) is 4.90 Å². The van der Waals surface area contributed by atoms with E-state index < -0.39 is 0 Å². The molecule has 1 aromatic carbocycles. The van der Waals surface area contributed by atoms with Crippen LogP contribution in [0.15, 0.2) is 24.3 Å². The third kappa shape index (κ3) is 3.98. The summed E-state index contributed by atoms with van der Waals surface area (Å²) in [5.41, 5.74) is 1.23. The predicted molar refractivity (Wildman–Crippen MR) is 86.7 cm³/mol. The molecule has 1 N–H and O–H groups in total. The zero-order valence-corrected chi connectivity index (χ0v) is 13.7. The first-order valence-corrected chi connectivity index (χ1v) is 8.04. The predicted octanol–water partition coefficient (Wildman–Crippen LogP) is 3.11. The molecule has 3 nitrogen and oxygen atoms in total. The highest BCUT2D eigenvalue weighted by atomic mass is 16.5. The molecule has 0 amide bonds. The Morgan fingerprint density at radius 3 is 2.76 bits per heavy atom. The number of ether oxygens (including phenoxy) is 1. The quantitative estimate of drug-likeness (QED) is 0.905. The Kier molecular flexibility index (Phi) is 5.65. The van der Waals surface area contributed by atoms with Crippen molar-refractivity contribution in [3.8, 4) is 5.75 Å². The van der Waals surface area contributed by atoms with Crippen molar-refractivity contribution < 1.29 is 9.84 Å². The van der Waals surface area contributed by atoms with Gasteiger partial charge in [0, 0.05) is 12.1 Å². The van der Waals surface area contributed by atoms with Crippen LogP contribution in [0.2, 0.25) is 0 Å². The van der Waals surface area contributed by atoms with Crippen molar-refractivity contribution in [2.75, 3.05) is 14.2 Å². The summed E-state index contributed by atoms with van der Waals surface area (Å²) in [5, 5.41) is 10.3. The van der Waals surface area contributed by atoms with E-state index in [-0.39, 0.29) is 12.1 Å². The summed E-state index contributed by atoms with van der Waals surface area (Å²) in [6, 6.07) is 8.86. The smallest absolute Gasteiger partial charge is 0.122 e. The molecule has 0 bridgehead atoms. The highest BCUT2D eigenvalue weighted by Crippen LogP contribution is 2.29. The second-order valence-corrected chi connectivity index (χ2v) is 6.58. The second-order valence-electron chi connectivity index (χ2n) is 6.58. The molecule has 3 heteroatoms. The van der Waals surface area contributed by atoms with Crippen LogP contribution in [0.3, 0.4) is 0 Å². The van der Waals surface area contributed by atoms with Gasteiger partial charge in [0.1, 0.15) is 5.75 Å². The molecule has 1 saturated carbocycles. The van der Waals surface area contributed by atoms with Crippen molar-refractivity contribution in [2.24, 2.45) is 5.92 Å². The number of benzene rings is 1. The summed E-state index contributed by atoms with van der Waals surface area (Å²) < 4.78 is 5.44. The Hall–Kier alpha value is -1.06. The van der Waals surface area contributed by atoms with Crippen molar-refractivity contribution >= 4 is 0 Å². The van der Waals surface area contributed by atoms with Gasteiger partial charge in [-0.3, -0.25) is 4.90 Å². The lowest BCUT2D eigenvalue weighted by Gasteiger charge is -2.41. The van der Waals surface area contributed by atoms with Crippen LogP contribution < -0.4 is 4.74 Å². The summed E-state index contributed by atoms with van der Waals surface area (Å²) in [7, 11) is 3.87. The van der Waals surface area contributed by atoms with E-state index in [4.69, 9.17) is 4.74 Å². The van der Waals surface area contributed by atoms with Crippen LogP contribution in [0, 0.1) is 5.92 Å². The van der Waals surface area contributed by atoms with Gasteiger partial charge >= 0.3 is 0 Å². The first-order valence-electron chi connectivity index (χ1n) is 8.04. The molecule has 118 valence electrons. The second kappa shape index (κ2) is 7.28. The highest BCUT2D eigenvalue weighted by molar-refractivity contribution is 5.33. The van der Waals surface area contributed by atoms with Gasteiger partial charge in [0.05, 0.1) is 13.2 Å². The summed E-state index contributed by atoms with van der Waals surface area (Å²) in [5.74, 6) is 1.66. The van der Waals surface area contributed by atoms with Gasteiger partial charge in [-0.2, -0.15) is 0 Å². The van der Waals surface area contributed by atoms with Crippen molar-refractivity contribution in [3.05, 3.63) is 29.8 Å². The molecule has 0 aliphatic heterocycles. The van der Waals surface area contributed by atoms with Gasteiger partial charge in [-0.1, -0.05) is 25.1 Å². The summed E-state index contributed by atoms with van der Waals surface area (Å²) >= 11 is 0. The largest absolute Gasteiger partial charge is 0.496 e. The van der Waals surface area contributed by atoms with Crippen molar-refractivity contribution in [1.29, 1.82) is 0 Å². The van der Waals surface area contributed by atoms with E-state index >= 15 is 0 Å². The molecule has 1 fully saturated rings. The van der Waals surface area contributed by atoms with Crippen LogP contribution in [0.5, 0.6) is 5.75 Å². The third-order valence-corrected chi connectivity index (χ3v) is 4.97. The van der Waals surface area contributed by atoms with Gasteiger partial charge in [-0.05, 0) is 57.2 Å². The molecule has 0 heterocycles. The zero-order chi connectivity index (χ0) is 15.4. The maximum atomic E-state index is 10.3. The topological polar surface area (TPSA) is 32.7 Å². The Morgan fingerprint density at radius 1 is 1.33 bits per heavy atom. The maximum Gasteiger partial charge on any atom is 0.122 e. The minimum absolute atomic E-state index is 0.189. The highest BCUT2D eigenvalue weighted by Gasteiger charge is 2.32. The zero-order valence-electron chi connectivity index (χ0n) is 13.7. The number of nitrogens with zero attached hydrogens (tertiary/aromatic N) is 1. The van der Waals surface area contributed by atoms with E-state index in [9.17, 15) is 5.11 Å². The summed E-state index contributed by atoms with van der Waals surface area (Å²) in [6.45, 7) is 4.52. The van der Waals surface area contributed by atoms with Crippen molar-refractivity contribution in [2.45, 2.75) is 57.7 Å². The van der Waals surface area contributed by atoms with Gasteiger partial charge in [0.15, 0.2) is 0 Å². The normalized spacial score (nSPS) is 27.6. The van der Waals surface area contributed by atoms with Crippen LogP contribution in [-0.2, 0) is 6.42 Å².